The number of anilines is 1. The number of hydrogen-bond acceptors (Lipinski definition) is 3. The number of nitrogen functional groups attached to an aromatic ring is 1. The van der Waals surface area contributed by atoms with Crippen LogP contribution in [0.5, 0.6) is 0 Å². The van der Waals surface area contributed by atoms with Crippen molar-refractivity contribution in [3.8, 4) is 0 Å². The van der Waals surface area contributed by atoms with E-state index in [9.17, 15) is 4.39 Å². The molecule has 2 rings (SSSR count). The van der Waals surface area contributed by atoms with Crippen LogP contribution in [-0.2, 0) is 6.42 Å². The van der Waals surface area contributed by atoms with E-state index >= 15 is 0 Å². The summed E-state index contributed by atoms with van der Waals surface area (Å²) in [6.07, 6.45) is 2.45. The van der Waals surface area contributed by atoms with Gasteiger partial charge in [0.15, 0.2) is 0 Å². The number of aryl methyl sites for hydroxylation is 1. The van der Waals surface area contributed by atoms with Crippen molar-refractivity contribution < 1.29 is 4.39 Å². The fourth-order valence-corrected chi connectivity index (χ4v) is 2.38. The van der Waals surface area contributed by atoms with Crippen LogP contribution in [-0.4, -0.2) is 11.5 Å². The number of halogens is 1. The van der Waals surface area contributed by atoms with Gasteiger partial charge in [-0.3, -0.25) is 0 Å². The standard InChI is InChI=1S/C16H20FN3/c1-3-19-15(8-12-4-5-20-16(18)9-12)13-6-11(2)7-14(17)10-13/h4-7,9-10,15,19H,3,8H2,1-2H3,(H2,18,20). The molecule has 2 aromatic rings. The van der Waals surface area contributed by atoms with Crippen molar-refractivity contribution in [3.05, 3.63) is 59.0 Å². The van der Waals surface area contributed by atoms with Crippen molar-refractivity contribution in [1.29, 1.82) is 0 Å². The lowest BCUT2D eigenvalue weighted by Gasteiger charge is -2.19. The molecule has 1 heterocycles. The normalized spacial score (nSPS) is 12.3. The van der Waals surface area contributed by atoms with Crippen LogP contribution in [0.4, 0.5) is 10.2 Å². The molecular formula is C16H20FN3. The molecule has 0 radical (unpaired) electrons. The first kappa shape index (κ1) is 14.5. The monoisotopic (exact) mass is 273 g/mol. The average Bonchev–Trinajstić information content (AvgIpc) is 2.37. The Balaban J connectivity index is 2.26. The molecule has 0 aliphatic rings. The lowest BCUT2D eigenvalue weighted by atomic mass is 9.97. The fourth-order valence-electron chi connectivity index (χ4n) is 2.38. The SMILES string of the molecule is CCNC(Cc1ccnc(N)c1)c1cc(C)cc(F)c1. The summed E-state index contributed by atoms with van der Waals surface area (Å²) >= 11 is 0. The van der Waals surface area contributed by atoms with Gasteiger partial charge in [0.05, 0.1) is 0 Å². The smallest absolute Gasteiger partial charge is 0.123 e. The zero-order valence-corrected chi connectivity index (χ0v) is 11.9. The van der Waals surface area contributed by atoms with E-state index in [1.807, 2.05) is 32.0 Å². The number of likely N-dealkylation sites (N-methyl/N-ethyl adjacent to an activating group) is 1. The number of hydrogen-bond donors (Lipinski definition) is 2. The molecule has 1 unspecified atom stereocenters. The van der Waals surface area contributed by atoms with Gasteiger partial charge in [-0.15, -0.1) is 0 Å². The fraction of sp³-hybridized carbons (Fsp3) is 0.312. The maximum atomic E-state index is 13.6. The third-order valence-corrected chi connectivity index (χ3v) is 3.20. The Kier molecular flexibility index (Phi) is 4.69. The van der Waals surface area contributed by atoms with E-state index in [1.54, 1.807) is 12.3 Å². The molecule has 1 atom stereocenters. The number of nitrogens with zero attached hydrogens (tertiary/aromatic N) is 1. The van der Waals surface area contributed by atoms with E-state index in [0.717, 1.165) is 29.7 Å². The molecule has 0 aliphatic carbocycles. The molecule has 0 bridgehead atoms. The molecule has 3 N–H and O–H groups in total. The van der Waals surface area contributed by atoms with Crippen molar-refractivity contribution in [1.82, 2.24) is 10.3 Å². The van der Waals surface area contributed by atoms with E-state index in [4.69, 9.17) is 5.73 Å². The number of rotatable bonds is 5. The Hall–Kier alpha value is -1.94. The number of benzene rings is 1. The molecular weight excluding hydrogens is 253 g/mol. The number of nitrogens with two attached hydrogens (primary N) is 1. The molecule has 4 heteroatoms. The highest BCUT2D eigenvalue weighted by molar-refractivity contribution is 5.34. The van der Waals surface area contributed by atoms with Crippen LogP contribution in [0.2, 0.25) is 0 Å². The van der Waals surface area contributed by atoms with Crippen LogP contribution in [0.3, 0.4) is 0 Å². The maximum absolute atomic E-state index is 13.6. The highest BCUT2D eigenvalue weighted by Crippen LogP contribution is 2.21. The van der Waals surface area contributed by atoms with Gasteiger partial charge in [0.1, 0.15) is 11.6 Å². The van der Waals surface area contributed by atoms with Crippen LogP contribution in [0.25, 0.3) is 0 Å². The predicted molar refractivity (Wildman–Crippen MR) is 79.9 cm³/mol. The summed E-state index contributed by atoms with van der Waals surface area (Å²) in [5.41, 5.74) is 8.68. The Morgan fingerprint density at radius 2 is 2.10 bits per heavy atom. The van der Waals surface area contributed by atoms with E-state index in [2.05, 4.69) is 10.3 Å². The minimum absolute atomic E-state index is 0.0659. The van der Waals surface area contributed by atoms with Gasteiger partial charge in [0.2, 0.25) is 0 Å². The Labute approximate surface area is 119 Å². The van der Waals surface area contributed by atoms with Crippen molar-refractivity contribution in [2.24, 2.45) is 0 Å². The lowest BCUT2D eigenvalue weighted by Crippen LogP contribution is -2.23. The molecule has 0 saturated heterocycles. The summed E-state index contributed by atoms with van der Waals surface area (Å²) < 4.78 is 13.6. The average molecular weight is 273 g/mol. The molecule has 0 amide bonds. The highest BCUT2D eigenvalue weighted by Gasteiger charge is 2.13. The lowest BCUT2D eigenvalue weighted by molar-refractivity contribution is 0.542. The topological polar surface area (TPSA) is 50.9 Å². The minimum atomic E-state index is -0.197. The van der Waals surface area contributed by atoms with Gasteiger partial charge in [-0.25, -0.2) is 9.37 Å². The van der Waals surface area contributed by atoms with Crippen LogP contribution >= 0.6 is 0 Å². The van der Waals surface area contributed by atoms with E-state index < -0.39 is 0 Å². The van der Waals surface area contributed by atoms with Gasteiger partial charge in [0, 0.05) is 12.2 Å². The van der Waals surface area contributed by atoms with Gasteiger partial charge >= 0.3 is 0 Å². The van der Waals surface area contributed by atoms with Crippen LogP contribution in [0, 0.1) is 12.7 Å². The van der Waals surface area contributed by atoms with Crippen molar-refractivity contribution in [2.75, 3.05) is 12.3 Å². The van der Waals surface area contributed by atoms with E-state index in [1.165, 1.54) is 6.07 Å². The maximum Gasteiger partial charge on any atom is 0.123 e. The summed E-state index contributed by atoms with van der Waals surface area (Å²) in [6.45, 7) is 4.76. The quantitative estimate of drug-likeness (QED) is 0.880. The van der Waals surface area contributed by atoms with Gasteiger partial charge < -0.3 is 11.1 Å². The number of aromatic nitrogens is 1. The van der Waals surface area contributed by atoms with Crippen molar-refractivity contribution in [3.63, 3.8) is 0 Å². The van der Waals surface area contributed by atoms with Gasteiger partial charge in [0.25, 0.3) is 0 Å². The molecule has 1 aromatic heterocycles. The van der Waals surface area contributed by atoms with E-state index in [0.29, 0.717) is 5.82 Å². The van der Waals surface area contributed by atoms with Crippen LogP contribution in [0.15, 0.2) is 36.5 Å². The summed E-state index contributed by atoms with van der Waals surface area (Å²) in [7, 11) is 0. The van der Waals surface area contributed by atoms with E-state index in [-0.39, 0.29) is 11.9 Å². The highest BCUT2D eigenvalue weighted by atomic mass is 19.1. The molecule has 1 aromatic carbocycles. The zero-order valence-electron chi connectivity index (χ0n) is 11.9. The first-order chi connectivity index (χ1) is 9.58. The molecule has 0 aliphatic heterocycles. The molecule has 0 spiro atoms. The summed E-state index contributed by atoms with van der Waals surface area (Å²) in [5.74, 6) is 0.310. The second kappa shape index (κ2) is 6.48. The third-order valence-electron chi connectivity index (χ3n) is 3.20. The Bertz CT molecular complexity index is 563. The van der Waals surface area contributed by atoms with Gasteiger partial charge in [-0.05, 0) is 60.8 Å². The van der Waals surface area contributed by atoms with Crippen molar-refractivity contribution in [2.45, 2.75) is 26.3 Å². The number of nitrogens with one attached hydrogen (secondary N) is 1. The second-order valence-corrected chi connectivity index (χ2v) is 4.97. The van der Waals surface area contributed by atoms with Crippen LogP contribution < -0.4 is 11.1 Å². The molecule has 3 nitrogen and oxygen atoms in total. The number of pyridine rings is 1. The Morgan fingerprint density at radius 1 is 1.30 bits per heavy atom. The largest absolute Gasteiger partial charge is 0.384 e. The summed E-state index contributed by atoms with van der Waals surface area (Å²) in [6, 6.07) is 9.00. The molecule has 20 heavy (non-hydrogen) atoms. The molecule has 0 saturated carbocycles. The first-order valence-corrected chi connectivity index (χ1v) is 6.79. The predicted octanol–water partition coefficient (Wildman–Crippen LogP) is 3.00. The molecule has 106 valence electrons. The van der Waals surface area contributed by atoms with Gasteiger partial charge in [-0.1, -0.05) is 13.0 Å². The minimum Gasteiger partial charge on any atom is -0.384 e. The van der Waals surface area contributed by atoms with Crippen LogP contribution in [0.1, 0.15) is 29.7 Å². The second-order valence-electron chi connectivity index (χ2n) is 4.97. The summed E-state index contributed by atoms with van der Waals surface area (Å²) in [5, 5.41) is 3.39. The third kappa shape index (κ3) is 3.78. The Morgan fingerprint density at radius 3 is 2.75 bits per heavy atom. The summed E-state index contributed by atoms with van der Waals surface area (Å²) in [4.78, 5) is 3.99. The zero-order chi connectivity index (χ0) is 14.5. The molecule has 0 fully saturated rings. The van der Waals surface area contributed by atoms with Gasteiger partial charge in [-0.2, -0.15) is 0 Å². The first-order valence-electron chi connectivity index (χ1n) is 6.79. The van der Waals surface area contributed by atoms with Crippen molar-refractivity contribution >= 4 is 5.82 Å².